The normalized spacial score (nSPS) is 11.3. The quantitative estimate of drug-likeness (QED) is 0.800. The van der Waals surface area contributed by atoms with Crippen molar-refractivity contribution in [1.29, 1.82) is 0 Å². The predicted octanol–water partition coefficient (Wildman–Crippen LogP) is 3.38. The van der Waals surface area contributed by atoms with E-state index in [1.165, 1.54) is 10.4 Å². The average molecular weight is 284 g/mol. The lowest BCUT2D eigenvalue weighted by atomic mass is 10.0. The van der Waals surface area contributed by atoms with Gasteiger partial charge in [0.2, 0.25) is 0 Å². The van der Waals surface area contributed by atoms with Crippen molar-refractivity contribution < 1.29 is 0 Å². The van der Waals surface area contributed by atoms with Crippen molar-refractivity contribution in [2.45, 2.75) is 26.2 Å². The molecule has 0 unspecified atom stereocenters. The van der Waals surface area contributed by atoms with Crippen molar-refractivity contribution in [1.82, 2.24) is 15.0 Å². The third kappa shape index (κ3) is 2.49. The molecule has 5 heteroatoms. The number of thiazole rings is 1. The SMILES string of the molecule is CC(C)c1nc(N)sc1Cc1ccc2nccnc2c1. The Hall–Kier alpha value is -2.01. The summed E-state index contributed by atoms with van der Waals surface area (Å²) < 4.78 is 0. The van der Waals surface area contributed by atoms with Gasteiger partial charge < -0.3 is 5.73 Å². The van der Waals surface area contributed by atoms with Crippen LogP contribution in [-0.2, 0) is 6.42 Å². The Morgan fingerprint density at radius 1 is 1.15 bits per heavy atom. The van der Waals surface area contributed by atoms with E-state index in [1.54, 1.807) is 23.7 Å². The number of hydrogen-bond donors (Lipinski definition) is 1. The van der Waals surface area contributed by atoms with Gasteiger partial charge in [-0.05, 0) is 23.6 Å². The van der Waals surface area contributed by atoms with Crippen molar-refractivity contribution in [2.75, 3.05) is 5.73 Å². The van der Waals surface area contributed by atoms with Gasteiger partial charge in [0, 0.05) is 23.7 Å². The number of fused-ring (bicyclic) bond motifs is 1. The summed E-state index contributed by atoms with van der Waals surface area (Å²) in [5.41, 5.74) is 10.0. The molecule has 0 radical (unpaired) electrons. The summed E-state index contributed by atoms with van der Waals surface area (Å²) >= 11 is 1.57. The highest BCUT2D eigenvalue weighted by atomic mass is 32.1. The van der Waals surface area contributed by atoms with Crippen molar-refractivity contribution in [2.24, 2.45) is 0 Å². The average Bonchev–Trinajstić information content (AvgIpc) is 2.80. The number of nitrogens with two attached hydrogens (primary N) is 1. The molecular weight excluding hydrogens is 268 g/mol. The molecule has 102 valence electrons. The van der Waals surface area contributed by atoms with Crippen LogP contribution < -0.4 is 5.73 Å². The summed E-state index contributed by atoms with van der Waals surface area (Å²) in [7, 11) is 0. The van der Waals surface area contributed by atoms with Crippen LogP contribution in [0.1, 0.15) is 35.9 Å². The van der Waals surface area contributed by atoms with Gasteiger partial charge in [-0.25, -0.2) is 4.98 Å². The first-order valence-electron chi connectivity index (χ1n) is 6.58. The Kier molecular flexibility index (Phi) is 3.36. The maximum Gasteiger partial charge on any atom is 0.180 e. The molecule has 3 aromatic rings. The fourth-order valence-electron chi connectivity index (χ4n) is 2.26. The zero-order valence-electron chi connectivity index (χ0n) is 11.5. The van der Waals surface area contributed by atoms with Gasteiger partial charge in [0.1, 0.15) is 0 Å². The molecule has 3 rings (SSSR count). The second-order valence-corrected chi connectivity index (χ2v) is 6.19. The van der Waals surface area contributed by atoms with E-state index in [2.05, 4.69) is 40.9 Å². The Morgan fingerprint density at radius 2 is 1.90 bits per heavy atom. The molecule has 0 amide bonds. The van der Waals surface area contributed by atoms with E-state index in [0.717, 1.165) is 23.1 Å². The zero-order chi connectivity index (χ0) is 14.1. The third-order valence-corrected chi connectivity index (χ3v) is 4.09. The number of aromatic nitrogens is 3. The Labute approximate surface area is 121 Å². The summed E-state index contributed by atoms with van der Waals surface area (Å²) in [4.78, 5) is 14.3. The van der Waals surface area contributed by atoms with Gasteiger partial charge in [0.15, 0.2) is 5.13 Å². The summed E-state index contributed by atoms with van der Waals surface area (Å²) in [6, 6.07) is 6.19. The van der Waals surface area contributed by atoms with Crippen molar-refractivity contribution in [3.63, 3.8) is 0 Å². The molecule has 20 heavy (non-hydrogen) atoms. The van der Waals surface area contributed by atoms with Crippen LogP contribution in [0.25, 0.3) is 11.0 Å². The molecule has 0 aliphatic rings. The topological polar surface area (TPSA) is 64.7 Å². The van der Waals surface area contributed by atoms with E-state index in [0.29, 0.717) is 11.0 Å². The molecule has 1 aromatic carbocycles. The van der Waals surface area contributed by atoms with Crippen molar-refractivity contribution in [3.05, 3.63) is 46.7 Å². The Bertz CT molecular complexity index is 748. The van der Waals surface area contributed by atoms with Crippen LogP contribution in [0.4, 0.5) is 5.13 Å². The molecule has 0 bridgehead atoms. The highest BCUT2D eigenvalue weighted by Crippen LogP contribution is 2.29. The lowest BCUT2D eigenvalue weighted by Crippen LogP contribution is -1.96. The molecule has 0 aliphatic heterocycles. The number of nitrogens with zero attached hydrogens (tertiary/aromatic N) is 3. The van der Waals surface area contributed by atoms with Crippen LogP contribution in [0.2, 0.25) is 0 Å². The van der Waals surface area contributed by atoms with E-state index in [1.807, 2.05) is 6.07 Å². The molecule has 0 saturated carbocycles. The van der Waals surface area contributed by atoms with E-state index in [4.69, 9.17) is 5.73 Å². The van der Waals surface area contributed by atoms with Crippen molar-refractivity contribution in [3.8, 4) is 0 Å². The van der Waals surface area contributed by atoms with E-state index < -0.39 is 0 Å². The van der Waals surface area contributed by atoms with Gasteiger partial charge in [-0.3, -0.25) is 9.97 Å². The standard InChI is InChI=1S/C15H16N4S/c1-9(2)14-13(20-15(16)19-14)8-10-3-4-11-12(7-10)18-6-5-17-11/h3-7,9H,8H2,1-2H3,(H2,16,19). The third-order valence-electron chi connectivity index (χ3n) is 3.19. The van der Waals surface area contributed by atoms with Gasteiger partial charge in [0.05, 0.1) is 16.7 Å². The smallest absolute Gasteiger partial charge is 0.180 e. The Balaban J connectivity index is 1.96. The van der Waals surface area contributed by atoms with Gasteiger partial charge in [0.25, 0.3) is 0 Å². The van der Waals surface area contributed by atoms with Crippen LogP contribution in [0.5, 0.6) is 0 Å². The largest absolute Gasteiger partial charge is 0.375 e. The van der Waals surface area contributed by atoms with Crippen LogP contribution in [0, 0.1) is 0 Å². The van der Waals surface area contributed by atoms with Crippen LogP contribution in [0.15, 0.2) is 30.6 Å². The van der Waals surface area contributed by atoms with Gasteiger partial charge in [-0.15, -0.1) is 11.3 Å². The number of hydrogen-bond acceptors (Lipinski definition) is 5. The highest BCUT2D eigenvalue weighted by molar-refractivity contribution is 7.15. The van der Waals surface area contributed by atoms with Crippen LogP contribution >= 0.6 is 11.3 Å². The zero-order valence-corrected chi connectivity index (χ0v) is 12.3. The Morgan fingerprint density at radius 3 is 2.65 bits per heavy atom. The van der Waals surface area contributed by atoms with Crippen molar-refractivity contribution >= 4 is 27.5 Å². The van der Waals surface area contributed by atoms with E-state index in [9.17, 15) is 0 Å². The minimum atomic E-state index is 0.388. The minimum Gasteiger partial charge on any atom is -0.375 e. The first-order valence-corrected chi connectivity index (χ1v) is 7.40. The van der Waals surface area contributed by atoms with Gasteiger partial charge in [-0.2, -0.15) is 0 Å². The molecule has 0 fully saturated rings. The minimum absolute atomic E-state index is 0.388. The molecule has 0 aliphatic carbocycles. The molecule has 0 spiro atoms. The summed E-state index contributed by atoms with van der Waals surface area (Å²) in [5, 5.41) is 0.643. The van der Waals surface area contributed by atoms with E-state index in [-0.39, 0.29) is 0 Å². The first kappa shape index (κ1) is 13.0. The summed E-state index contributed by atoms with van der Waals surface area (Å²) in [6.07, 6.45) is 4.27. The fourth-order valence-corrected chi connectivity index (χ4v) is 3.29. The maximum absolute atomic E-state index is 5.85. The maximum atomic E-state index is 5.85. The monoisotopic (exact) mass is 284 g/mol. The number of nitrogen functional groups attached to an aromatic ring is 1. The molecule has 0 saturated heterocycles. The second kappa shape index (κ2) is 5.17. The van der Waals surface area contributed by atoms with Crippen LogP contribution in [0.3, 0.4) is 0 Å². The molecular formula is C15H16N4S. The molecule has 2 aromatic heterocycles. The fraction of sp³-hybridized carbons (Fsp3) is 0.267. The van der Waals surface area contributed by atoms with Gasteiger partial charge in [-0.1, -0.05) is 19.9 Å². The molecule has 0 atom stereocenters. The lowest BCUT2D eigenvalue weighted by Gasteiger charge is -2.06. The molecule has 2 N–H and O–H groups in total. The van der Waals surface area contributed by atoms with Gasteiger partial charge >= 0.3 is 0 Å². The second-order valence-electron chi connectivity index (χ2n) is 5.07. The summed E-state index contributed by atoms with van der Waals surface area (Å²) in [6.45, 7) is 4.29. The lowest BCUT2D eigenvalue weighted by molar-refractivity contribution is 0.820. The highest BCUT2D eigenvalue weighted by Gasteiger charge is 2.13. The number of rotatable bonds is 3. The first-order chi connectivity index (χ1) is 9.63. The van der Waals surface area contributed by atoms with Crippen LogP contribution in [-0.4, -0.2) is 15.0 Å². The number of benzene rings is 1. The molecule has 4 nitrogen and oxygen atoms in total. The number of anilines is 1. The predicted molar refractivity (Wildman–Crippen MR) is 83.0 cm³/mol. The molecule has 2 heterocycles. The van der Waals surface area contributed by atoms with E-state index >= 15 is 0 Å². The summed E-state index contributed by atoms with van der Waals surface area (Å²) in [5.74, 6) is 0.388.